The fourth-order valence-electron chi connectivity index (χ4n) is 3.38. The molecule has 3 rings (SSSR count). The topological polar surface area (TPSA) is 208 Å². The third-order valence-electron chi connectivity index (χ3n) is 4.80. The van der Waals surface area contributed by atoms with E-state index in [1.165, 1.54) is 0 Å². The number of aliphatic hydroxyl groups is 6. The lowest BCUT2D eigenvalue weighted by molar-refractivity contribution is -0.864. The fraction of sp³-hybridized carbons (Fsp3) is 0.769. The van der Waals surface area contributed by atoms with Crippen molar-refractivity contribution >= 4 is 18.3 Å². The van der Waals surface area contributed by atoms with Crippen LogP contribution in [0.5, 0.6) is 0 Å². The molecule has 2 saturated heterocycles. The summed E-state index contributed by atoms with van der Waals surface area (Å²) in [6.45, 7) is -1.30. The lowest BCUT2D eigenvalue weighted by atomic mass is 10.1. The van der Waals surface area contributed by atoms with E-state index < -0.39 is 72.8 Å². The van der Waals surface area contributed by atoms with Crippen LogP contribution in [0.15, 0.2) is 9.98 Å². The van der Waals surface area contributed by atoms with E-state index in [9.17, 15) is 35.4 Å². The molecule has 9 atom stereocenters. The Labute approximate surface area is 146 Å². The normalized spacial score (nSPS) is 48.8. The second kappa shape index (κ2) is 6.88. The second-order valence-electron chi connectivity index (χ2n) is 6.29. The average molecular weight is 377 g/mol. The summed E-state index contributed by atoms with van der Waals surface area (Å²) in [4.78, 5) is 20.0. The minimum absolute atomic E-state index is 0.387. The maximum atomic E-state index is 12.7. The van der Waals surface area contributed by atoms with E-state index in [1.807, 2.05) is 0 Å². The van der Waals surface area contributed by atoms with Crippen LogP contribution in [0.25, 0.3) is 0 Å². The van der Waals surface area contributed by atoms with E-state index in [4.69, 9.17) is 15.2 Å². The zero-order valence-electron chi connectivity index (χ0n) is 13.4. The second-order valence-corrected chi connectivity index (χ2v) is 6.29. The van der Waals surface area contributed by atoms with Gasteiger partial charge in [-0.2, -0.15) is 4.99 Å². The first-order valence-electron chi connectivity index (χ1n) is 7.84. The zero-order chi connectivity index (χ0) is 19.2. The summed E-state index contributed by atoms with van der Waals surface area (Å²) in [6, 6.07) is -1.04. The van der Waals surface area contributed by atoms with Gasteiger partial charge in [-0.3, -0.25) is 0 Å². The molecule has 26 heavy (non-hydrogen) atoms. The van der Waals surface area contributed by atoms with Crippen molar-refractivity contribution in [2.24, 2.45) is 15.7 Å². The molecule has 0 radical (unpaired) electrons. The van der Waals surface area contributed by atoms with E-state index in [1.54, 1.807) is 0 Å². The first-order valence-corrected chi connectivity index (χ1v) is 7.84. The summed E-state index contributed by atoms with van der Waals surface area (Å²) in [6.07, 6.45) is -11.1. The average Bonchev–Trinajstić information content (AvgIpc) is 3.07. The first-order chi connectivity index (χ1) is 12.3. The van der Waals surface area contributed by atoms with Crippen LogP contribution >= 0.6 is 0 Å². The standard InChI is InChI=1S/C13H20N4O9/c14-12-15-3-17(13(24)16-12,10-8(22)6(20)4(1-18)25-10)11-9(23)7(21)5(2-19)26-11/h3-11,18-23H,1-2H2,(H-,14,16,24)/p+1/t4-,5-,6-,7-,8-,9+,10-,11-,17?/m1/s1. The van der Waals surface area contributed by atoms with Crippen molar-refractivity contribution < 1.29 is 49.4 Å². The molecule has 146 valence electrons. The third-order valence-corrected chi connectivity index (χ3v) is 4.80. The summed E-state index contributed by atoms with van der Waals surface area (Å²) in [5.41, 5.74) is 5.41. The van der Waals surface area contributed by atoms with Crippen LogP contribution in [0.2, 0.25) is 0 Å². The van der Waals surface area contributed by atoms with Crippen molar-refractivity contribution in [1.82, 2.24) is 0 Å². The molecule has 0 aromatic carbocycles. The van der Waals surface area contributed by atoms with E-state index >= 15 is 0 Å². The van der Waals surface area contributed by atoms with Crippen molar-refractivity contribution in [1.29, 1.82) is 0 Å². The number of aliphatic imine (C=N–C) groups is 2. The molecule has 3 aliphatic rings. The van der Waals surface area contributed by atoms with E-state index in [-0.39, 0.29) is 5.96 Å². The molecule has 1 unspecified atom stereocenters. The van der Waals surface area contributed by atoms with Gasteiger partial charge in [-0.25, -0.2) is 4.79 Å². The van der Waals surface area contributed by atoms with Gasteiger partial charge in [0.2, 0.25) is 24.8 Å². The number of guanidine groups is 1. The Bertz CT molecular complexity index is 599. The molecule has 0 aromatic rings. The molecule has 2 fully saturated rings. The Hall–Kier alpha value is -1.55. The lowest BCUT2D eigenvalue weighted by Crippen LogP contribution is -2.70. The largest absolute Gasteiger partial charge is 0.456 e. The maximum absolute atomic E-state index is 12.7. The first kappa shape index (κ1) is 19.2. The van der Waals surface area contributed by atoms with Gasteiger partial charge in [-0.05, 0) is 0 Å². The molecule has 2 amide bonds. The molecular formula is C13H21N4O9+. The molecular weight excluding hydrogens is 356 g/mol. The van der Waals surface area contributed by atoms with Gasteiger partial charge in [0.15, 0.2) is 12.2 Å². The predicted octanol–water partition coefficient (Wildman–Crippen LogP) is -4.84. The van der Waals surface area contributed by atoms with Crippen molar-refractivity contribution in [2.45, 2.75) is 49.1 Å². The van der Waals surface area contributed by atoms with Crippen LogP contribution in [0.3, 0.4) is 0 Å². The monoisotopic (exact) mass is 377 g/mol. The molecule has 8 N–H and O–H groups in total. The molecule has 0 aliphatic carbocycles. The van der Waals surface area contributed by atoms with Gasteiger partial charge in [0.25, 0.3) is 0 Å². The van der Waals surface area contributed by atoms with Gasteiger partial charge in [-0.15, -0.1) is 9.48 Å². The minimum Gasteiger partial charge on any atom is -0.394 e. The van der Waals surface area contributed by atoms with Gasteiger partial charge in [-0.1, -0.05) is 0 Å². The van der Waals surface area contributed by atoms with Crippen LogP contribution in [0, 0.1) is 0 Å². The number of rotatable bonds is 4. The maximum Gasteiger partial charge on any atom is 0.456 e. The summed E-state index contributed by atoms with van der Waals surface area (Å²) >= 11 is 0. The van der Waals surface area contributed by atoms with Crippen molar-refractivity contribution in [3.8, 4) is 0 Å². The Morgan fingerprint density at radius 3 is 1.77 bits per heavy atom. The SMILES string of the molecule is NC1=NC(=O)[N+]([C@@H]2O[C@H](CO)[C@@H](O)[C@H]2O)([C@@H]2O[C@H](CO)[C@@H](O)[C@@H]2O)C=N1. The van der Waals surface area contributed by atoms with Crippen molar-refractivity contribution in [2.75, 3.05) is 13.2 Å². The van der Waals surface area contributed by atoms with Gasteiger partial charge < -0.3 is 45.8 Å². The molecule has 13 heteroatoms. The van der Waals surface area contributed by atoms with Crippen LogP contribution in [-0.4, -0.2) is 116 Å². The molecule has 0 bridgehead atoms. The van der Waals surface area contributed by atoms with E-state index in [0.29, 0.717) is 0 Å². The highest BCUT2D eigenvalue weighted by Crippen LogP contribution is 2.38. The Balaban J connectivity index is 2.06. The number of amides is 2. The van der Waals surface area contributed by atoms with Crippen molar-refractivity contribution in [3.63, 3.8) is 0 Å². The molecule has 3 heterocycles. The number of hydrogen-bond acceptors (Lipinski definition) is 11. The number of hydrogen-bond donors (Lipinski definition) is 7. The predicted molar refractivity (Wildman–Crippen MR) is 81.3 cm³/mol. The highest BCUT2D eigenvalue weighted by atomic mass is 16.6. The highest BCUT2D eigenvalue weighted by Gasteiger charge is 2.66. The Morgan fingerprint density at radius 2 is 1.42 bits per heavy atom. The lowest BCUT2D eigenvalue weighted by Gasteiger charge is -2.40. The summed E-state index contributed by atoms with van der Waals surface area (Å²) < 4.78 is 9.65. The summed E-state index contributed by atoms with van der Waals surface area (Å²) in [5, 5.41) is 59.3. The van der Waals surface area contributed by atoms with Gasteiger partial charge >= 0.3 is 6.03 Å². The van der Waals surface area contributed by atoms with Gasteiger partial charge in [0.1, 0.15) is 24.4 Å². The van der Waals surface area contributed by atoms with Crippen LogP contribution in [0.1, 0.15) is 0 Å². The quantitative estimate of drug-likeness (QED) is 0.232. The van der Waals surface area contributed by atoms with Crippen molar-refractivity contribution in [3.05, 3.63) is 0 Å². The van der Waals surface area contributed by atoms with Gasteiger partial charge in [0, 0.05) is 0 Å². The number of urea groups is 1. The zero-order valence-corrected chi connectivity index (χ0v) is 13.4. The third kappa shape index (κ3) is 2.65. The van der Waals surface area contributed by atoms with E-state index in [2.05, 4.69) is 9.98 Å². The summed E-state index contributed by atoms with van der Waals surface area (Å²) in [5.74, 6) is -0.387. The minimum atomic E-state index is -1.68. The molecule has 0 saturated carbocycles. The number of carbonyl (C=O) groups is 1. The number of nitrogens with zero attached hydrogens (tertiary/aromatic N) is 3. The number of quaternary nitrogens is 1. The molecule has 3 aliphatic heterocycles. The van der Waals surface area contributed by atoms with Crippen LogP contribution < -0.4 is 5.73 Å². The molecule has 0 spiro atoms. The molecule has 13 nitrogen and oxygen atoms in total. The van der Waals surface area contributed by atoms with Crippen LogP contribution in [0.4, 0.5) is 4.79 Å². The number of nitrogens with two attached hydrogens (primary N) is 1. The number of aliphatic hydroxyl groups excluding tert-OH is 6. The highest BCUT2D eigenvalue weighted by molar-refractivity contribution is 5.98. The smallest absolute Gasteiger partial charge is 0.394 e. The number of ether oxygens (including phenoxy) is 2. The summed E-state index contributed by atoms with van der Waals surface area (Å²) in [7, 11) is 0. The fourth-order valence-corrected chi connectivity index (χ4v) is 3.38. The number of carbonyl (C=O) groups excluding carboxylic acids is 1. The van der Waals surface area contributed by atoms with Crippen LogP contribution in [-0.2, 0) is 9.47 Å². The van der Waals surface area contributed by atoms with Gasteiger partial charge in [0.05, 0.1) is 13.2 Å². The Kier molecular flexibility index (Phi) is 5.08. The molecule has 0 aromatic heterocycles. The Morgan fingerprint density at radius 1 is 0.962 bits per heavy atom. The van der Waals surface area contributed by atoms with E-state index in [0.717, 1.165) is 6.34 Å².